The van der Waals surface area contributed by atoms with E-state index in [2.05, 4.69) is 4.74 Å². The van der Waals surface area contributed by atoms with Crippen LogP contribution in [0.5, 0.6) is 0 Å². The highest BCUT2D eigenvalue weighted by Crippen LogP contribution is 2.34. The van der Waals surface area contributed by atoms with Crippen LogP contribution in [0.15, 0.2) is 0 Å². The average molecular weight is 168 g/mol. The van der Waals surface area contributed by atoms with Gasteiger partial charge in [-0.2, -0.15) is 0 Å². The Labute approximate surface area is 58.2 Å². The Morgan fingerprint density at radius 3 is 2.40 bits per heavy atom. The van der Waals surface area contributed by atoms with Gasteiger partial charge in [0.1, 0.15) is 0 Å². The van der Waals surface area contributed by atoms with Gasteiger partial charge in [0.25, 0.3) is 0 Å². The fraction of sp³-hybridized carbons (Fsp3) is 0.750. The van der Waals surface area contributed by atoms with Crippen LogP contribution in [0, 0.1) is 0 Å². The van der Waals surface area contributed by atoms with Crippen LogP contribution in [0.25, 0.3) is 0 Å². The minimum absolute atomic E-state index is 0.235. The second-order valence-electron chi connectivity index (χ2n) is 1.71. The summed E-state index contributed by atoms with van der Waals surface area (Å²) in [5.41, 5.74) is 0. The van der Waals surface area contributed by atoms with Crippen LogP contribution >= 0.6 is 7.60 Å². The summed E-state index contributed by atoms with van der Waals surface area (Å²) >= 11 is 0. The predicted octanol–water partition coefficient (Wildman–Crippen LogP) is -0.273. The summed E-state index contributed by atoms with van der Waals surface area (Å²) in [4.78, 5) is 26.8. The molecule has 5 nitrogen and oxygen atoms in total. The van der Waals surface area contributed by atoms with Gasteiger partial charge in [-0.15, -0.1) is 0 Å². The number of rotatable bonds is 3. The molecule has 0 aromatic carbocycles. The van der Waals surface area contributed by atoms with Crippen molar-refractivity contribution in [1.29, 1.82) is 0 Å². The third-order valence-electron chi connectivity index (χ3n) is 0.835. The monoisotopic (exact) mass is 168 g/mol. The number of hydrogen-bond donors (Lipinski definition) is 2. The summed E-state index contributed by atoms with van der Waals surface area (Å²) in [6, 6.07) is 0. The van der Waals surface area contributed by atoms with Crippen LogP contribution in [-0.2, 0) is 14.1 Å². The molecule has 60 valence electrons. The molecule has 0 atom stereocenters. The first-order valence-corrected chi connectivity index (χ1v) is 4.37. The van der Waals surface area contributed by atoms with Crippen molar-refractivity contribution in [2.24, 2.45) is 0 Å². The molecule has 0 heterocycles. The Hall–Kier alpha value is -0.380. The molecule has 2 N–H and O–H groups in total. The highest BCUT2D eigenvalue weighted by molar-refractivity contribution is 7.51. The van der Waals surface area contributed by atoms with Gasteiger partial charge in [0.15, 0.2) is 0 Å². The van der Waals surface area contributed by atoms with E-state index >= 15 is 0 Å². The van der Waals surface area contributed by atoms with Crippen LogP contribution in [0.2, 0.25) is 0 Å². The fourth-order valence-corrected chi connectivity index (χ4v) is 0.813. The Morgan fingerprint density at radius 1 is 1.60 bits per heavy atom. The highest BCUT2D eigenvalue weighted by atomic mass is 31.2. The van der Waals surface area contributed by atoms with Crippen molar-refractivity contribution in [3.63, 3.8) is 0 Å². The summed E-state index contributed by atoms with van der Waals surface area (Å²) in [6.07, 6.45) is -0.680. The third kappa shape index (κ3) is 5.75. The first kappa shape index (κ1) is 9.62. The zero-order chi connectivity index (χ0) is 8.20. The van der Waals surface area contributed by atoms with Crippen LogP contribution in [0.1, 0.15) is 6.42 Å². The quantitative estimate of drug-likeness (QED) is 0.447. The van der Waals surface area contributed by atoms with Gasteiger partial charge in [-0.3, -0.25) is 9.36 Å². The SMILES string of the molecule is COC(=O)CCP(=O)(O)O. The maximum atomic E-state index is 10.3. The summed E-state index contributed by atoms with van der Waals surface area (Å²) < 4.78 is 14.3. The topological polar surface area (TPSA) is 83.8 Å². The largest absolute Gasteiger partial charge is 0.469 e. The molecule has 0 aliphatic carbocycles. The van der Waals surface area contributed by atoms with Gasteiger partial charge in [0, 0.05) is 0 Å². The van der Waals surface area contributed by atoms with E-state index in [9.17, 15) is 9.36 Å². The number of carbonyl (C=O) groups is 1. The van der Waals surface area contributed by atoms with Crippen molar-refractivity contribution in [3.05, 3.63) is 0 Å². The lowest BCUT2D eigenvalue weighted by atomic mass is 10.5. The molecular formula is C4H9O5P. The molecule has 0 amide bonds. The number of methoxy groups -OCH3 is 1. The molecular weight excluding hydrogens is 159 g/mol. The van der Waals surface area contributed by atoms with E-state index in [0.717, 1.165) is 0 Å². The smallest absolute Gasteiger partial charge is 0.326 e. The molecule has 6 heteroatoms. The fourth-order valence-electron chi connectivity index (χ4n) is 0.339. The Balaban J connectivity index is 3.56. The Kier molecular flexibility index (Phi) is 3.57. The van der Waals surface area contributed by atoms with Crippen LogP contribution in [0.4, 0.5) is 0 Å². The molecule has 0 aromatic rings. The zero-order valence-electron chi connectivity index (χ0n) is 5.48. The molecule has 0 saturated carbocycles. The van der Waals surface area contributed by atoms with Gasteiger partial charge >= 0.3 is 13.6 Å². The summed E-state index contributed by atoms with van der Waals surface area (Å²) in [5.74, 6) is -0.608. The average Bonchev–Trinajstić information content (AvgIpc) is 1.81. The van der Waals surface area contributed by atoms with E-state index in [1.165, 1.54) is 7.11 Å². The Bertz CT molecular complexity index is 159. The molecule has 0 fully saturated rings. The van der Waals surface area contributed by atoms with Gasteiger partial charge in [-0.05, 0) is 0 Å². The number of esters is 1. The van der Waals surface area contributed by atoms with Crippen molar-refractivity contribution >= 4 is 13.6 Å². The number of carbonyl (C=O) groups excluding carboxylic acids is 1. The molecule has 0 spiro atoms. The molecule has 0 aromatic heterocycles. The molecule has 0 saturated heterocycles. The van der Waals surface area contributed by atoms with E-state index in [4.69, 9.17) is 9.79 Å². The lowest BCUT2D eigenvalue weighted by Gasteiger charge is -2.00. The van der Waals surface area contributed by atoms with Gasteiger partial charge in [-0.25, -0.2) is 0 Å². The van der Waals surface area contributed by atoms with E-state index in [1.807, 2.05) is 0 Å². The highest BCUT2D eigenvalue weighted by Gasteiger charge is 2.14. The minimum atomic E-state index is -4.03. The predicted molar refractivity (Wildman–Crippen MR) is 33.5 cm³/mol. The van der Waals surface area contributed by atoms with E-state index in [-0.39, 0.29) is 6.42 Å². The summed E-state index contributed by atoms with van der Waals surface area (Å²) in [7, 11) is -2.86. The molecule has 10 heavy (non-hydrogen) atoms. The molecule has 0 unspecified atom stereocenters. The lowest BCUT2D eigenvalue weighted by Crippen LogP contribution is -2.03. The molecule has 0 rings (SSSR count). The summed E-state index contributed by atoms with van der Waals surface area (Å²) in [6.45, 7) is 0. The zero-order valence-corrected chi connectivity index (χ0v) is 6.38. The molecule has 0 bridgehead atoms. The van der Waals surface area contributed by atoms with Gasteiger partial charge in [-0.1, -0.05) is 0 Å². The van der Waals surface area contributed by atoms with Crippen molar-refractivity contribution in [1.82, 2.24) is 0 Å². The van der Waals surface area contributed by atoms with Crippen LogP contribution in [0.3, 0.4) is 0 Å². The number of hydrogen-bond acceptors (Lipinski definition) is 3. The third-order valence-corrected chi connectivity index (χ3v) is 1.64. The first-order chi connectivity index (χ1) is 4.45. The second-order valence-corrected chi connectivity index (χ2v) is 3.49. The van der Waals surface area contributed by atoms with Crippen molar-refractivity contribution in [2.75, 3.05) is 13.3 Å². The van der Waals surface area contributed by atoms with E-state index in [1.54, 1.807) is 0 Å². The molecule has 0 aliphatic heterocycles. The van der Waals surface area contributed by atoms with Crippen molar-refractivity contribution in [2.45, 2.75) is 6.42 Å². The lowest BCUT2D eigenvalue weighted by molar-refractivity contribution is -0.140. The van der Waals surface area contributed by atoms with E-state index < -0.39 is 19.7 Å². The standard InChI is InChI=1S/C4H9O5P/c1-9-4(5)2-3-10(6,7)8/h2-3H2,1H3,(H2,6,7,8). The first-order valence-electron chi connectivity index (χ1n) is 2.57. The van der Waals surface area contributed by atoms with Gasteiger partial charge < -0.3 is 14.5 Å². The van der Waals surface area contributed by atoms with E-state index in [0.29, 0.717) is 0 Å². The van der Waals surface area contributed by atoms with Crippen molar-refractivity contribution < 1.29 is 23.9 Å². The van der Waals surface area contributed by atoms with Crippen molar-refractivity contribution in [3.8, 4) is 0 Å². The summed E-state index contributed by atoms with van der Waals surface area (Å²) in [5, 5.41) is 0. The maximum absolute atomic E-state index is 10.3. The van der Waals surface area contributed by atoms with Gasteiger partial charge in [0.2, 0.25) is 0 Å². The number of ether oxygens (including phenoxy) is 1. The maximum Gasteiger partial charge on any atom is 0.326 e. The second kappa shape index (κ2) is 3.71. The van der Waals surface area contributed by atoms with Crippen LogP contribution in [-0.4, -0.2) is 29.0 Å². The van der Waals surface area contributed by atoms with Gasteiger partial charge in [0.05, 0.1) is 19.7 Å². The van der Waals surface area contributed by atoms with Crippen LogP contribution < -0.4 is 0 Å². The minimum Gasteiger partial charge on any atom is -0.469 e. The Morgan fingerprint density at radius 2 is 2.10 bits per heavy atom. The molecule has 0 aliphatic rings. The molecule has 0 radical (unpaired) electrons. The normalized spacial score (nSPS) is 11.1.